The topological polar surface area (TPSA) is 87.5 Å². The molecular formula is C16H12FNO4S. The first-order valence-electron chi connectivity index (χ1n) is 6.46. The van der Waals surface area contributed by atoms with Crippen molar-refractivity contribution in [3.05, 3.63) is 48.0 Å². The number of rotatable bonds is 5. The van der Waals surface area contributed by atoms with Gasteiger partial charge in [-0.2, -0.15) is 0 Å². The number of halogens is 1. The summed E-state index contributed by atoms with van der Waals surface area (Å²) in [4.78, 5) is 26.3. The van der Waals surface area contributed by atoms with Gasteiger partial charge in [0.1, 0.15) is 10.6 Å². The minimum absolute atomic E-state index is 0.122. The van der Waals surface area contributed by atoms with Crippen LogP contribution in [-0.2, 0) is 4.79 Å². The van der Waals surface area contributed by atoms with Gasteiger partial charge in [-0.25, -0.2) is 14.2 Å². The smallest absolute Gasteiger partial charge is 0.335 e. The molecule has 7 heteroatoms. The molecule has 2 aromatic rings. The second-order valence-electron chi connectivity index (χ2n) is 5.16. The molecule has 0 unspecified atom stereocenters. The van der Waals surface area contributed by atoms with E-state index in [2.05, 4.69) is 17.2 Å². The third kappa shape index (κ3) is 3.60. The highest BCUT2D eigenvalue weighted by Crippen LogP contribution is 2.38. The SMILES string of the molecule is CC(C)(Sc1c#cncc1-c1ccc(C(=O)O)cc1F)C(=O)O. The summed E-state index contributed by atoms with van der Waals surface area (Å²) in [5.41, 5.74) is 0.278. The van der Waals surface area contributed by atoms with Gasteiger partial charge in [-0.1, -0.05) is 17.8 Å². The maximum Gasteiger partial charge on any atom is 0.335 e. The summed E-state index contributed by atoms with van der Waals surface area (Å²) >= 11 is 0.985. The highest BCUT2D eigenvalue weighted by molar-refractivity contribution is 8.01. The van der Waals surface area contributed by atoms with E-state index in [1.807, 2.05) is 0 Å². The van der Waals surface area contributed by atoms with E-state index in [9.17, 15) is 19.1 Å². The van der Waals surface area contributed by atoms with Crippen LogP contribution in [0.4, 0.5) is 4.39 Å². The monoisotopic (exact) mass is 333 g/mol. The third-order valence-electron chi connectivity index (χ3n) is 3.05. The second kappa shape index (κ2) is 6.26. The lowest BCUT2D eigenvalue weighted by atomic mass is 10.1. The molecule has 0 aliphatic heterocycles. The molecule has 0 aliphatic rings. The van der Waals surface area contributed by atoms with Crippen LogP contribution in [-0.4, -0.2) is 31.9 Å². The molecule has 0 spiro atoms. The Labute approximate surface area is 136 Å². The van der Waals surface area contributed by atoms with Crippen LogP contribution >= 0.6 is 11.8 Å². The number of hydrogen-bond acceptors (Lipinski definition) is 4. The average Bonchev–Trinajstić information content (AvgIpc) is 2.47. The van der Waals surface area contributed by atoms with Crippen molar-refractivity contribution in [2.24, 2.45) is 0 Å². The number of aliphatic carboxylic acids is 1. The predicted molar refractivity (Wildman–Crippen MR) is 81.8 cm³/mol. The Kier molecular flexibility index (Phi) is 4.57. The Morgan fingerprint density at radius 2 is 1.96 bits per heavy atom. The number of carboxylic acids is 2. The summed E-state index contributed by atoms with van der Waals surface area (Å²) in [5.74, 6) is -3.00. The van der Waals surface area contributed by atoms with Gasteiger partial charge in [0.25, 0.3) is 0 Å². The molecule has 5 nitrogen and oxygen atoms in total. The zero-order valence-corrected chi connectivity index (χ0v) is 13.1. The van der Waals surface area contributed by atoms with Crippen molar-refractivity contribution in [3.63, 3.8) is 0 Å². The molecule has 1 heterocycles. The molecule has 2 rings (SSSR count). The van der Waals surface area contributed by atoms with Gasteiger partial charge in [-0.15, -0.1) is 0 Å². The van der Waals surface area contributed by atoms with Crippen LogP contribution in [0.15, 0.2) is 29.3 Å². The lowest BCUT2D eigenvalue weighted by Crippen LogP contribution is -2.26. The fraction of sp³-hybridized carbons (Fsp3) is 0.188. The van der Waals surface area contributed by atoms with E-state index < -0.39 is 22.5 Å². The number of aromatic nitrogens is 1. The average molecular weight is 333 g/mol. The highest BCUT2D eigenvalue weighted by Gasteiger charge is 2.30. The number of benzene rings is 1. The maximum atomic E-state index is 14.2. The van der Waals surface area contributed by atoms with Gasteiger partial charge in [0, 0.05) is 23.5 Å². The molecule has 0 fully saturated rings. The second-order valence-corrected chi connectivity index (χ2v) is 6.79. The Bertz CT molecular complexity index is 776. The van der Waals surface area contributed by atoms with Crippen molar-refractivity contribution in [2.45, 2.75) is 23.5 Å². The molecule has 0 saturated carbocycles. The van der Waals surface area contributed by atoms with E-state index in [0.29, 0.717) is 10.5 Å². The number of aromatic carboxylic acids is 1. The first kappa shape index (κ1) is 16.8. The Morgan fingerprint density at radius 1 is 1.26 bits per heavy atom. The van der Waals surface area contributed by atoms with Gasteiger partial charge in [-0.05, 0) is 32.0 Å². The molecule has 0 atom stereocenters. The highest BCUT2D eigenvalue weighted by atomic mass is 32.2. The quantitative estimate of drug-likeness (QED) is 0.817. The molecule has 0 bridgehead atoms. The van der Waals surface area contributed by atoms with Crippen molar-refractivity contribution in [1.29, 1.82) is 0 Å². The van der Waals surface area contributed by atoms with E-state index >= 15 is 0 Å². The molecule has 2 N–H and O–H groups in total. The summed E-state index contributed by atoms with van der Waals surface area (Å²) in [7, 11) is 0. The van der Waals surface area contributed by atoms with Crippen molar-refractivity contribution in [3.8, 4) is 11.1 Å². The predicted octanol–water partition coefficient (Wildman–Crippen LogP) is 3.14. The number of nitrogens with zero attached hydrogens (tertiary/aromatic N) is 1. The van der Waals surface area contributed by atoms with Crippen LogP contribution < -0.4 is 0 Å². The minimum Gasteiger partial charge on any atom is -0.480 e. The van der Waals surface area contributed by atoms with Gasteiger partial charge >= 0.3 is 11.9 Å². The number of carboxylic acid groups (broad SMARTS) is 2. The van der Waals surface area contributed by atoms with Crippen molar-refractivity contribution >= 4 is 23.7 Å². The largest absolute Gasteiger partial charge is 0.480 e. The van der Waals surface area contributed by atoms with Gasteiger partial charge < -0.3 is 10.2 Å². The maximum absolute atomic E-state index is 14.2. The zero-order chi connectivity index (χ0) is 17.2. The van der Waals surface area contributed by atoms with Crippen LogP contribution in [0.3, 0.4) is 0 Å². The van der Waals surface area contributed by atoms with Gasteiger partial charge in [0.05, 0.1) is 10.5 Å². The van der Waals surface area contributed by atoms with Crippen LogP contribution in [0.5, 0.6) is 0 Å². The first-order valence-corrected chi connectivity index (χ1v) is 7.28. The lowest BCUT2D eigenvalue weighted by Gasteiger charge is -2.19. The van der Waals surface area contributed by atoms with E-state index in [0.717, 1.165) is 17.8 Å². The van der Waals surface area contributed by atoms with Gasteiger partial charge in [-0.3, -0.25) is 4.79 Å². The molecule has 23 heavy (non-hydrogen) atoms. The number of hydrogen-bond donors (Lipinski definition) is 2. The summed E-state index contributed by atoms with van der Waals surface area (Å²) < 4.78 is 13.1. The Balaban J connectivity index is 2.49. The summed E-state index contributed by atoms with van der Waals surface area (Å²) in [6.07, 6.45) is 3.82. The summed E-state index contributed by atoms with van der Waals surface area (Å²) in [6, 6.07) is 6.19. The normalized spacial score (nSPS) is 10.9. The van der Waals surface area contributed by atoms with E-state index in [1.165, 1.54) is 32.2 Å². The van der Waals surface area contributed by atoms with Crippen molar-refractivity contribution in [1.82, 2.24) is 4.98 Å². The van der Waals surface area contributed by atoms with Gasteiger partial charge in [0.2, 0.25) is 0 Å². The molecule has 0 aliphatic carbocycles. The first-order chi connectivity index (χ1) is 10.7. The fourth-order valence-electron chi connectivity index (χ4n) is 1.74. The van der Waals surface area contributed by atoms with Crippen LogP contribution in [0.1, 0.15) is 24.2 Å². The van der Waals surface area contributed by atoms with Crippen LogP contribution in [0.2, 0.25) is 0 Å². The van der Waals surface area contributed by atoms with Crippen LogP contribution in [0.25, 0.3) is 11.1 Å². The van der Waals surface area contributed by atoms with Crippen molar-refractivity contribution in [2.75, 3.05) is 0 Å². The molecule has 0 saturated heterocycles. The molecule has 1 aromatic carbocycles. The molecule has 0 radical (unpaired) electrons. The molecule has 1 aromatic heterocycles. The Morgan fingerprint density at radius 3 is 2.52 bits per heavy atom. The van der Waals surface area contributed by atoms with E-state index in [4.69, 9.17) is 5.11 Å². The van der Waals surface area contributed by atoms with Crippen LogP contribution in [0, 0.1) is 18.1 Å². The number of thioether (sulfide) groups is 1. The minimum atomic E-state index is -1.23. The lowest BCUT2D eigenvalue weighted by molar-refractivity contribution is -0.138. The van der Waals surface area contributed by atoms with Crippen molar-refractivity contribution < 1.29 is 24.2 Å². The fourth-order valence-corrected chi connectivity index (χ4v) is 2.71. The Hall–Kier alpha value is -2.59. The molecular weight excluding hydrogens is 321 g/mol. The molecule has 118 valence electrons. The van der Waals surface area contributed by atoms with E-state index in [-0.39, 0.29) is 11.1 Å². The summed E-state index contributed by atoms with van der Waals surface area (Å²) in [6.45, 7) is 3.03. The molecule has 0 amide bonds. The zero-order valence-electron chi connectivity index (χ0n) is 12.3. The standard InChI is InChI=1S/C16H12FNO4S/c1-16(2,15(21)22)23-13-5-6-18-8-11(13)10-4-3-9(14(19)20)7-12(10)17/h3-4,7-8H,1-2H3,(H,19,20)(H,21,22). The van der Waals surface area contributed by atoms with Gasteiger partial charge in [0.15, 0.2) is 0 Å². The van der Waals surface area contributed by atoms with E-state index in [1.54, 1.807) is 0 Å². The third-order valence-corrected chi connectivity index (χ3v) is 4.26. The summed E-state index contributed by atoms with van der Waals surface area (Å²) in [5, 5.41) is 18.1. The number of carbonyl (C=O) groups is 2.